The van der Waals surface area contributed by atoms with Crippen LogP contribution in [0.2, 0.25) is 0 Å². The lowest BCUT2D eigenvalue weighted by Crippen LogP contribution is -2.68. The zero-order valence-electron chi connectivity index (χ0n) is 13.6. The maximum atomic E-state index is 5.35. The van der Waals surface area contributed by atoms with E-state index in [0.717, 1.165) is 32.2 Å². The minimum absolute atomic E-state index is 0.0312. The van der Waals surface area contributed by atoms with Gasteiger partial charge in [0.05, 0.1) is 12.1 Å². The first-order chi connectivity index (χ1) is 10.1. The van der Waals surface area contributed by atoms with E-state index in [1.54, 1.807) is 7.11 Å². The molecule has 1 N–H and O–H groups in total. The van der Waals surface area contributed by atoms with Crippen molar-refractivity contribution in [3.63, 3.8) is 0 Å². The lowest BCUT2D eigenvalue weighted by molar-refractivity contribution is -0.0101. The first kappa shape index (κ1) is 15.0. The van der Waals surface area contributed by atoms with E-state index < -0.39 is 0 Å². The van der Waals surface area contributed by atoms with Crippen LogP contribution >= 0.6 is 0 Å². The number of nitrogens with zero attached hydrogens (tertiary/aromatic N) is 1. The molecule has 21 heavy (non-hydrogen) atoms. The lowest BCUT2D eigenvalue weighted by atomic mass is 9.82. The van der Waals surface area contributed by atoms with Gasteiger partial charge < -0.3 is 10.1 Å². The highest BCUT2D eigenvalue weighted by atomic mass is 16.5. The molecule has 3 heteroatoms. The molecule has 0 radical (unpaired) electrons. The van der Waals surface area contributed by atoms with Gasteiger partial charge in [-0.15, -0.1) is 0 Å². The molecule has 1 aromatic carbocycles. The first-order valence-electron chi connectivity index (χ1n) is 8.13. The molecule has 2 aliphatic rings. The van der Waals surface area contributed by atoms with E-state index in [-0.39, 0.29) is 11.1 Å². The second kappa shape index (κ2) is 5.71. The van der Waals surface area contributed by atoms with Crippen molar-refractivity contribution < 1.29 is 4.74 Å². The summed E-state index contributed by atoms with van der Waals surface area (Å²) in [7, 11) is 1.80. The highest BCUT2D eigenvalue weighted by Crippen LogP contribution is 2.45. The monoisotopic (exact) mass is 288 g/mol. The maximum absolute atomic E-state index is 5.35. The SMILES string of the molecule is COCCN1CC(C)(c2ccccc2)NCC1(C)C1CC1. The third kappa shape index (κ3) is 2.87. The maximum Gasteiger partial charge on any atom is 0.0589 e. The van der Waals surface area contributed by atoms with Gasteiger partial charge in [-0.3, -0.25) is 4.90 Å². The van der Waals surface area contributed by atoms with Crippen molar-refractivity contribution in [1.29, 1.82) is 0 Å². The molecule has 2 unspecified atom stereocenters. The number of piperazine rings is 1. The van der Waals surface area contributed by atoms with Gasteiger partial charge >= 0.3 is 0 Å². The molecule has 0 spiro atoms. The molecular formula is C18H28N2O. The fourth-order valence-electron chi connectivity index (χ4n) is 3.75. The second-order valence-electron chi connectivity index (χ2n) is 7.10. The molecule has 116 valence electrons. The zero-order chi connectivity index (χ0) is 14.9. The minimum Gasteiger partial charge on any atom is -0.383 e. The summed E-state index contributed by atoms with van der Waals surface area (Å²) in [4.78, 5) is 2.66. The van der Waals surface area contributed by atoms with Gasteiger partial charge in [0, 0.05) is 32.3 Å². The van der Waals surface area contributed by atoms with Crippen LogP contribution in [0.15, 0.2) is 30.3 Å². The summed E-state index contributed by atoms with van der Waals surface area (Å²) in [5.41, 5.74) is 1.70. The van der Waals surface area contributed by atoms with Gasteiger partial charge in [-0.25, -0.2) is 0 Å². The number of benzene rings is 1. The van der Waals surface area contributed by atoms with Crippen molar-refractivity contribution >= 4 is 0 Å². The largest absolute Gasteiger partial charge is 0.383 e. The molecule has 1 aliphatic carbocycles. The predicted molar refractivity (Wildman–Crippen MR) is 86.4 cm³/mol. The number of hydrogen-bond acceptors (Lipinski definition) is 3. The molecular weight excluding hydrogens is 260 g/mol. The topological polar surface area (TPSA) is 24.5 Å². The zero-order valence-corrected chi connectivity index (χ0v) is 13.6. The Morgan fingerprint density at radius 3 is 2.57 bits per heavy atom. The predicted octanol–water partition coefficient (Wildman–Crippen LogP) is 2.62. The number of hydrogen-bond donors (Lipinski definition) is 1. The van der Waals surface area contributed by atoms with Crippen LogP contribution < -0.4 is 5.32 Å². The van der Waals surface area contributed by atoms with Crippen molar-refractivity contribution in [2.45, 2.75) is 37.8 Å². The van der Waals surface area contributed by atoms with E-state index in [4.69, 9.17) is 4.74 Å². The van der Waals surface area contributed by atoms with Crippen LogP contribution in [0.3, 0.4) is 0 Å². The Bertz CT molecular complexity index is 473. The van der Waals surface area contributed by atoms with Crippen LogP contribution in [-0.4, -0.2) is 43.8 Å². The van der Waals surface area contributed by atoms with Crippen LogP contribution in [0, 0.1) is 5.92 Å². The first-order valence-corrected chi connectivity index (χ1v) is 8.13. The molecule has 0 aromatic heterocycles. The summed E-state index contributed by atoms with van der Waals surface area (Å²) in [5, 5.41) is 3.85. The molecule has 0 amide bonds. The Morgan fingerprint density at radius 1 is 1.24 bits per heavy atom. The highest BCUT2D eigenvalue weighted by Gasteiger charge is 2.50. The Morgan fingerprint density at radius 2 is 1.95 bits per heavy atom. The molecule has 1 saturated carbocycles. The number of ether oxygens (including phenoxy) is 1. The van der Waals surface area contributed by atoms with Gasteiger partial charge in [0.2, 0.25) is 0 Å². The van der Waals surface area contributed by atoms with E-state index in [1.807, 2.05) is 0 Å². The van der Waals surface area contributed by atoms with Crippen LogP contribution in [0.25, 0.3) is 0 Å². The smallest absolute Gasteiger partial charge is 0.0589 e. The summed E-state index contributed by atoms with van der Waals surface area (Å²) in [6.07, 6.45) is 2.76. The molecule has 1 saturated heterocycles. The van der Waals surface area contributed by atoms with Crippen molar-refractivity contribution in [3.05, 3.63) is 35.9 Å². The Kier molecular flexibility index (Phi) is 4.08. The van der Waals surface area contributed by atoms with Crippen molar-refractivity contribution in [2.75, 3.05) is 33.4 Å². The van der Waals surface area contributed by atoms with Crippen LogP contribution in [-0.2, 0) is 10.3 Å². The molecule has 2 atom stereocenters. The van der Waals surface area contributed by atoms with Gasteiger partial charge in [-0.1, -0.05) is 30.3 Å². The quantitative estimate of drug-likeness (QED) is 0.901. The highest BCUT2D eigenvalue weighted by molar-refractivity contribution is 5.26. The van der Waals surface area contributed by atoms with Crippen molar-refractivity contribution in [3.8, 4) is 0 Å². The van der Waals surface area contributed by atoms with Gasteiger partial charge in [-0.05, 0) is 38.2 Å². The van der Waals surface area contributed by atoms with Gasteiger partial charge in [0.1, 0.15) is 0 Å². The summed E-state index contributed by atoms with van der Waals surface area (Å²) < 4.78 is 5.35. The van der Waals surface area contributed by atoms with E-state index >= 15 is 0 Å². The van der Waals surface area contributed by atoms with Gasteiger partial charge in [0.25, 0.3) is 0 Å². The number of methoxy groups -OCH3 is 1. The summed E-state index contributed by atoms with van der Waals surface area (Å²) in [5.74, 6) is 0.849. The molecule has 2 fully saturated rings. The van der Waals surface area contributed by atoms with E-state index in [2.05, 4.69) is 54.4 Å². The van der Waals surface area contributed by atoms with E-state index in [0.29, 0.717) is 0 Å². The Labute approximate surface area is 128 Å². The average molecular weight is 288 g/mol. The van der Waals surface area contributed by atoms with Crippen LogP contribution in [0.5, 0.6) is 0 Å². The normalized spacial score (nSPS) is 34.0. The molecule has 3 rings (SSSR count). The average Bonchev–Trinajstić information content (AvgIpc) is 3.35. The number of nitrogens with one attached hydrogen (secondary N) is 1. The van der Waals surface area contributed by atoms with Crippen LogP contribution in [0.4, 0.5) is 0 Å². The molecule has 1 aliphatic heterocycles. The Balaban J connectivity index is 1.81. The molecule has 0 bridgehead atoms. The molecule has 1 aromatic rings. The lowest BCUT2D eigenvalue weighted by Gasteiger charge is -2.53. The second-order valence-corrected chi connectivity index (χ2v) is 7.10. The summed E-state index contributed by atoms with van der Waals surface area (Å²) in [6.45, 7) is 8.70. The minimum atomic E-state index is 0.0312. The van der Waals surface area contributed by atoms with Crippen molar-refractivity contribution in [2.24, 2.45) is 5.92 Å². The van der Waals surface area contributed by atoms with E-state index in [1.165, 1.54) is 18.4 Å². The summed E-state index contributed by atoms with van der Waals surface area (Å²) >= 11 is 0. The fourth-order valence-corrected chi connectivity index (χ4v) is 3.75. The van der Waals surface area contributed by atoms with Gasteiger partial charge in [-0.2, -0.15) is 0 Å². The summed E-state index contributed by atoms with van der Waals surface area (Å²) in [6, 6.07) is 10.8. The van der Waals surface area contributed by atoms with Gasteiger partial charge in [0.15, 0.2) is 0 Å². The Hall–Kier alpha value is -0.900. The molecule has 1 heterocycles. The standard InChI is InChI=1S/C18H28N2O/c1-17(15-7-5-4-6-8-15)14-20(11-12-21-3)18(2,13-19-17)16-9-10-16/h4-8,16,19H,9-14H2,1-3H3. The number of rotatable bonds is 5. The molecule has 3 nitrogen and oxygen atoms in total. The third-order valence-corrected chi connectivity index (χ3v) is 5.50. The fraction of sp³-hybridized carbons (Fsp3) is 0.667. The van der Waals surface area contributed by atoms with Crippen molar-refractivity contribution in [1.82, 2.24) is 10.2 Å². The third-order valence-electron chi connectivity index (χ3n) is 5.50. The van der Waals surface area contributed by atoms with Crippen LogP contribution in [0.1, 0.15) is 32.3 Å². The van der Waals surface area contributed by atoms with E-state index in [9.17, 15) is 0 Å².